The fraction of sp³-hybridized carbons (Fsp3) is 0. The van der Waals surface area contributed by atoms with Gasteiger partial charge in [0.25, 0.3) is 0 Å². The molecule has 0 aliphatic carbocycles. The molecule has 2 aromatic heterocycles. The number of nitrogens with two attached hydrogens (primary N) is 1. The second-order valence-corrected chi connectivity index (χ2v) is 2.19. The van der Waals surface area contributed by atoms with Gasteiger partial charge < -0.3 is 15.7 Å². The van der Waals surface area contributed by atoms with E-state index in [1.165, 1.54) is 0 Å². The van der Waals surface area contributed by atoms with Gasteiger partial charge in [-0.15, -0.1) is 0 Å². The zero-order chi connectivity index (χ0) is 7.84. The number of fused-ring (bicyclic) bond motifs is 1. The number of hydrogen-bond acceptors (Lipinski definition) is 3. The summed E-state index contributed by atoms with van der Waals surface area (Å²) in [5.41, 5.74) is 6.37. The molecule has 2 rings (SSSR count). The number of H-pyrrole nitrogens is 2. The maximum atomic E-state index is 10.7. The zero-order valence-electron chi connectivity index (χ0n) is 5.59. The van der Waals surface area contributed by atoms with Gasteiger partial charge in [0.05, 0.1) is 5.52 Å². The highest BCUT2D eigenvalue weighted by molar-refractivity contribution is 5.83. The maximum Gasteiger partial charge on any atom is 0.347 e. The molecule has 0 saturated heterocycles. The molecule has 0 aliphatic rings. The van der Waals surface area contributed by atoms with Crippen molar-refractivity contribution < 1.29 is 0 Å². The maximum absolute atomic E-state index is 10.7. The van der Waals surface area contributed by atoms with Crippen molar-refractivity contribution in [2.24, 2.45) is 0 Å². The number of nitrogen functional groups attached to an aromatic ring is 1. The van der Waals surface area contributed by atoms with Crippen molar-refractivity contribution in [1.82, 2.24) is 15.0 Å². The molecule has 11 heavy (non-hydrogen) atoms. The number of aromatic amines is 2. The quantitative estimate of drug-likeness (QED) is 0.487. The summed E-state index contributed by atoms with van der Waals surface area (Å²) in [6.45, 7) is 0. The number of anilines is 1. The van der Waals surface area contributed by atoms with Crippen LogP contribution in [0.25, 0.3) is 11.0 Å². The van der Waals surface area contributed by atoms with Gasteiger partial charge in [-0.1, -0.05) is 0 Å². The van der Waals surface area contributed by atoms with Crippen molar-refractivity contribution in [3.8, 4) is 0 Å². The van der Waals surface area contributed by atoms with E-state index in [1.807, 2.05) is 0 Å². The van der Waals surface area contributed by atoms with E-state index in [2.05, 4.69) is 15.0 Å². The first kappa shape index (κ1) is 5.96. The molecule has 0 atom stereocenters. The van der Waals surface area contributed by atoms with Crippen molar-refractivity contribution in [1.29, 1.82) is 0 Å². The third-order valence-electron chi connectivity index (χ3n) is 1.47. The Morgan fingerprint density at radius 1 is 1.55 bits per heavy atom. The van der Waals surface area contributed by atoms with Crippen LogP contribution in [0.15, 0.2) is 17.1 Å². The summed E-state index contributed by atoms with van der Waals surface area (Å²) in [6.07, 6.45) is 1.69. The molecule has 0 radical (unpaired) electrons. The summed E-state index contributed by atoms with van der Waals surface area (Å²) in [4.78, 5) is 19.6. The first-order chi connectivity index (χ1) is 5.27. The number of aromatic nitrogens is 3. The fourth-order valence-electron chi connectivity index (χ4n) is 0.994. The van der Waals surface area contributed by atoms with Crippen LogP contribution in [0.5, 0.6) is 0 Å². The second kappa shape index (κ2) is 1.85. The van der Waals surface area contributed by atoms with E-state index in [9.17, 15) is 4.79 Å². The molecular formula is C6H6N4O. The summed E-state index contributed by atoms with van der Waals surface area (Å²) < 4.78 is 0. The molecule has 0 fully saturated rings. The topological polar surface area (TPSA) is 87.6 Å². The molecule has 5 heteroatoms. The van der Waals surface area contributed by atoms with Crippen LogP contribution in [0.2, 0.25) is 0 Å². The lowest BCUT2D eigenvalue weighted by Gasteiger charge is -1.91. The summed E-state index contributed by atoms with van der Waals surface area (Å²) in [6, 6.07) is 1.73. The predicted octanol–water partition coefficient (Wildman–Crippen LogP) is -0.167. The highest BCUT2D eigenvalue weighted by Gasteiger charge is 2.00. The van der Waals surface area contributed by atoms with Crippen molar-refractivity contribution in [2.45, 2.75) is 0 Å². The van der Waals surface area contributed by atoms with E-state index in [1.54, 1.807) is 12.3 Å². The molecule has 2 aromatic rings. The van der Waals surface area contributed by atoms with Gasteiger partial charge in [-0.2, -0.15) is 4.98 Å². The predicted molar refractivity (Wildman–Crippen MR) is 41.1 cm³/mol. The first-order valence-electron chi connectivity index (χ1n) is 3.10. The molecule has 4 N–H and O–H groups in total. The number of nitrogens with one attached hydrogen (secondary N) is 2. The van der Waals surface area contributed by atoms with Crippen LogP contribution in [0, 0.1) is 0 Å². The summed E-state index contributed by atoms with van der Waals surface area (Å²) in [5.74, 6) is 0.230. The minimum atomic E-state index is -0.422. The van der Waals surface area contributed by atoms with Gasteiger partial charge in [0.15, 0.2) is 5.82 Å². The van der Waals surface area contributed by atoms with Crippen LogP contribution in [-0.4, -0.2) is 15.0 Å². The normalized spacial score (nSPS) is 10.5. The Hall–Kier alpha value is -1.78. The molecule has 0 aliphatic heterocycles. The van der Waals surface area contributed by atoms with Gasteiger partial charge in [-0.05, 0) is 6.07 Å². The number of nitrogens with zero attached hydrogens (tertiary/aromatic N) is 1. The van der Waals surface area contributed by atoms with Crippen LogP contribution in [-0.2, 0) is 0 Å². The monoisotopic (exact) mass is 150 g/mol. The molecule has 56 valence electrons. The third-order valence-corrected chi connectivity index (χ3v) is 1.47. The van der Waals surface area contributed by atoms with Gasteiger partial charge in [0.1, 0.15) is 5.52 Å². The summed E-state index contributed by atoms with van der Waals surface area (Å²) in [7, 11) is 0. The Labute approximate surface area is 61.3 Å². The van der Waals surface area contributed by atoms with Crippen LogP contribution in [0.1, 0.15) is 0 Å². The number of hydrogen-bond donors (Lipinski definition) is 3. The minimum absolute atomic E-state index is 0.230. The molecule has 5 nitrogen and oxygen atoms in total. The van der Waals surface area contributed by atoms with Crippen molar-refractivity contribution in [3.63, 3.8) is 0 Å². The van der Waals surface area contributed by atoms with Crippen molar-refractivity contribution >= 4 is 16.9 Å². The molecule has 0 aromatic carbocycles. The van der Waals surface area contributed by atoms with Gasteiger partial charge >= 0.3 is 5.69 Å². The third kappa shape index (κ3) is 0.778. The largest absolute Gasteiger partial charge is 0.382 e. The second-order valence-electron chi connectivity index (χ2n) is 2.19. The molecule has 0 unspecified atom stereocenters. The molecule has 2 heterocycles. The first-order valence-corrected chi connectivity index (χ1v) is 3.10. The van der Waals surface area contributed by atoms with Gasteiger partial charge in [0.2, 0.25) is 0 Å². The Bertz CT molecular complexity index is 441. The van der Waals surface area contributed by atoms with Crippen LogP contribution in [0.4, 0.5) is 5.82 Å². The van der Waals surface area contributed by atoms with E-state index in [-0.39, 0.29) is 5.82 Å². The Kier molecular flexibility index (Phi) is 1.00. The smallest absolute Gasteiger partial charge is 0.347 e. The van der Waals surface area contributed by atoms with Gasteiger partial charge in [0, 0.05) is 6.20 Å². The SMILES string of the molecule is Nc1nc(=O)[nH]c2cc[nH]c12. The zero-order valence-corrected chi connectivity index (χ0v) is 5.59. The minimum Gasteiger partial charge on any atom is -0.382 e. The van der Waals surface area contributed by atoms with Crippen LogP contribution < -0.4 is 11.4 Å². The Balaban J connectivity index is 3.02. The van der Waals surface area contributed by atoms with Crippen LogP contribution >= 0.6 is 0 Å². The van der Waals surface area contributed by atoms with E-state index >= 15 is 0 Å². The van der Waals surface area contributed by atoms with E-state index < -0.39 is 5.69 Å². The Morgan fingerprint density at radius 3 is 3.18 bits per heavy atom. The molecular weight excluding hydrogens is 144 g/mol. The van der Waals surface area contributed by atoms with Crippen molar-refractivity contribution in [2.75, 3.05) is 5.73 Å². The fourth-order valence-corrected chi connectivity index (χ4v) is 0.994. The standard InChI is InChI=1S/C6H6N4O/c7-5-4-3(1-2-8-4)9-6(11)10-5/h1-2,8H,(H3,7,9,10,11). The highest BCUT2D eigenvalue weighted by Crippen LogP contribution is 2.10. The lowest BCUT2D eigenvalue weighted by Crippen LogP contribution is -2.11. The Morgan fingerprint density at radius 2 is 2.36 bits per heavy atom. The lowest BCUT2D eigenvalue weighted by molar-refractivity contribution is 1.13. The van der Waals surface area contributed by atoms with Crippen LogP contribution in [0.3, 0.4) is 0 Å². The van der Waals surface area contributed by atoms with Gasteiger partial charge in [-0.25, -0.2) is 4.79 Å². The average Bonchev–Trinajstić information content (AvgIpc) is 2.34. The lowest BCUT2D eigenvalue weighted by atomic mass is 10.4. The average molecular weight is 150 g/mol. The summed E-state index contributed by atoms with van der Waals surface area (Å²) in [5, 5.41) is 0. The molecule has 0 saturated carbocycles. The molecule has 0 amide bonds. The molecule has 0 bridgehead atoms. The highest BCUT2D eigenvalue weighted by atomic mass is 16.1. The number of rotatable bonds is 0. The molecule has 0 spiro atoms. The van der Waals surface area contributed by atoms with E-state index in [0.29, 0.717) is 11.0 Å². The summed E-state index contributed by atoms with van der Waals surface area (Å²) >= 11 is 0. The van der Waals surface area contributed by atoms with Crippen molar-refractivity contribution in [3.05, 3.63) is 22.7 Å². The van der Waals surface area contributed by atoms with E-state index in [0.717, 1.165) is 0 Å². The van der Waals surface area contributed by atoms with Gasteiger partial charge in [-0.3, -0.25) is 0 Å². The van der Waals surface area contributed by atoms with E-state index in [4.69, 9.17) is 5.73 Å².